The molecule has 4 rings (SSSR count). The van der Waals surface area contributed by atoms with Crippen LogP contribution < -0.4 is 5.32 Å². The number of carbonyl (C=O) groups excluding carboxylic acids is 1. The molecule has 0 radical (unpaired) electrons. The molecule has 2 aromatic rings. The molecule has 23 heavy (non-hydrogen) atoms. The summed E-state index contributed by atoms with van der Waals surface area (Å²) in [5.74, 6) is 0.0469. The lowest BCUT2D eigenvalue weighted by molar-refractivity contribution is -0.206. The number of aromatic nitrogens is 2. The number of aromatic amines is 1. The highest BCUT2D eigenvalue weighted by molar-refractivity contribution is 6.05. The first-order valence-electron chi connectivity index (χ1n) is 8.01. The third kappa shape index (κ3) is 2.42. The second-order valence-electron chi connectivity index (χ2n) is 7.46. The van der Waals surface area contributed by atoms with Crippen molar-refractivity contribution in [2.45, 2.75) is 32.0 Å². The molecule has 0 atom stereocenters. The largest absolute Gasteiger partial charge is 0.363 e. The molecule has 0 unspecified atom stereocenters. The molecule has 6 nitrogen and oxygen atoms in total. The Kier molecular flexibility index (Phi) is 3.05. The molecule has 2 aliphatic rings. The molecule has 2 saturated heterocycles. The Morgan fingerprint density at radius 3 is 2.78 bits per heavy atom. The Morgan fingerprint density at radius 2 is 2.09 bits per heavy atom. The number of nitrogens with one attached hydrogen (secondary N) is 2. The van der Waals surface area contributed by atoms with E-state index in [1.807, 2.05) is 24.0 Å². The molecule has 2 aliphatic heterocycles. The first-order chi connectivity index (χ1) is 10.9. The molecular formula is C17H22N4O2. The Bertz CT molecular complexity index is 776. The summed E-state index contributed by atoms with van der Waals surface area (Å²) in [6, 6.07) is 3.98. The van der Waals surface area contributed by atoms with Crippen LogP contribution in [0.3, 0.4) is 0 Å². The second-order valence-corrected chi connectivity index (χ2v) is 7.46. The van der Waals surface area contributed by atoms with Crippen LogP contribution in [0.25, 0.3) is 10.9 Å². The average molecular weight is 314 g/mol. The van der Waals surface area contributed by atoms with Crippen molar-refractivity contribution >= 4 is 16.8 Å². The van der Waals surface area contributed by atoms with Crippen LogP contribution in [0, 0.1) is 6.92 Å². The third-order valence-corrected chi connectivity index (χ3v) is 4.65. The van der Waals surface area contributed by atoms with Gasteiger partial charge in [-0.05, 0) is 38.5 Å². The van der Waals surface area contributed by atoms with Gasteiger partial charge in [-0.1, -0.05) is 0 Å². The number of aryl methyl sites for hydroxylation is 1. The van der Waals surface area contributed by atoms with E-state index in [-0.39, 0.29) is 17.1 Å². The maximum absolute atomic E-state index is 13.2. The number of nitrogens with zero attached hydrogens (tertiary/aromatic N) is 2. The van der Waals surface area contributed by atoms with E-state index in [1.54, 1.807) is 6.20 Å². The maximum atomic E-state index is 13.2. The highest BCUT2D eigenvalue weighted by Gasteiger charge is 2.49. The summed E-state index contributed by atoms with van der Waals surface area (Å²) in [7, 11) is 0. The number of morpholine rings is 1. The lowest BCUT2D eigenvalue weighted by Crippen LogP contribution is -2.73. The molecule has 6 heteroatoms. The molecule has 2 fully saturated rings. The molecule has 0 saturated carbocycles. The number of hydrogen-bond acceptors (Lipinski definition) is 4. The normalized spacial score (nSPS) is 22.3. The standard InChI is InChI=1S/C17H22N4O2/c1-11-4-12-6-19-20-14(12)13(5-11)15(22)21-9-16(2,3)23-17(10-21)7-18-8-17/h4-6,18H,7-10H2,1-3H3,(H,19,20). The van der Waals surface area contributed by atoms with Crippen LogP contribution in [0.5, 0.6) is 0 Å². The molecule has 122 valence electrons. The van der Waals surface area contributed by atoms with Gasteiger partial charge >= 0.3 is 0 Å². The van der Waals surface area contributed by atoms with E-state index in [0.29, 0.717) is 18.7 Å². The van der Waals surface area contributed by atoms with E-state index in [9.17, 15) is 4.79 Å². The zero-order valence-electron chi connectivity index (χ0n) is 13.8. The highest BCUT2D eigenvalue weighted by atomic mass is 16.5. The monoisotopic (exact) mass is 314 g/mol. The molecule has 1 aromatic carbocycles. The molecule has 1 aromatic heterocycles. The number of carbonyl (C=O) groups is 1. The van der Waals surface area contributed by atoms with E-state index in [1.165, 1.54) is 0 Å². The summed E-state index contributed by atoms with van der Waals surface area (Å²) >= 11 is 0. The quantitative estimate of drug-likeness (QED) is 0.836. The fraction of sp³-hybridized carbons (Fsp3) is 0.529. The van der Waals surface area contributed by atoms with Crippen LogP contribution >= 0.6 is 0 Å². The fourth-order valence-corrected chi connectivity index (χ4v) is 3.79. The molecule has 0 aliphatic carbocycles. The van der Waals surface area contributed by atoms with Crippen molar-refractivity contribution in [1.29, 1.82) is 0 Å². The van der Waals surface area contributed by atoms with E-state index in [2.05, 4.69) is 29.4 Å². The SMILES string of the molecule is Cc1cc(C(=O)N2CC(C)(C)OC3(CNC3)C2)c2[nH]ncc2c1. The number of rotatable bonds is 1. The topological polar surface area (TPSA) is 70.2 Å². The summed E-state index contributed by atoms with van der Waals surface area (Å²) in [4.78, 5) is 15.1. The summed E-state index contributed by atoms with van der Waals surface area (Å²) in [5.41, 5.74) is 1.99. The molecule has 0 bridgehead atoms. The highest BCUT2D eigenvalue weighted by Crippen LogP contribution is 2.33. The minimum Gasteiger partial charge on any atom is -0.363 e. The summed E-state index contributed by atoms with van der Waals surface area (Å²) in [6.45, 7) is 8.93. The van der Waals surface area contributed by atoms with Crippen LogP contribution in [0.1, 0.15) is 29.8 Å². The van der Waals surface area contributed by atoms with E-state index in [4.69, 9.17) is 4.74 Å². The third-order valence-electron chi connectivity index (χ3n) is 4.65. The molecular weight excluding hydrogens is 292 g/mol. The number of amides is 1. The number of H-pyrrole nitrogens is 1. The van der Waals surface area contributed by atoms with Crippen LogP contribution in [0.2, 0.25) is 0 Å². The average Bonchev–Trinajstić information content (AvgIpc) is 2.90. The summed E-state index contributed by atoms with van der Waals surface area (Å²) in [5, 5.41) is 11.3. The molecule has 3 heterocycles. The van der Waals surface area contributed by atoms with Crippen molar-refractivity contribution in [3.05, 3.63) is 29.5 Å². The first kappa shape index (κ1) is 14.7. The fourth-order valence-electron chi connectivity index (χ4n) is 3.79. The summed E-state index contributed by atoms with van der Waals surface area (Å²) in [6.07, 6.45) is 1.76. The predicted octanol–water partition coefficient (Wildman–Crippen LogP) is 1.46. The van der Waals surface area contributed by atoms with Crippen LogP contribution in [0.15, 0.2) is 18.3 Å². The van der Waals surface area contributed by atoms with Gasteiger partial charge in [-0.3, -0.25) is 9.89 Å². The number of ether oxygens (including phenoxy) is 1. The van der Waals surface area contributed by atoms with Gasteiger partial charge in [0, 0.05) is 25.0 Å². The zero-order valence-corrected chi connectivity index (χ0v) is 13.8. The lowest BCUT2D eigenvalue weighted by Gasteiger charge is -2.54. The van der Waals surface area contributed by atoms with Crippen molar-refractivity contribution in [3.8, 4) is 0 Å². The lowest BCUT2D eigenvalue weighted by atomic mass is 9.90. The van der Waals surface area contributed by atoms with Crippen LogP contribution in [-0.2, 0) is 4.74 Å². The van der Waals surface area contributed by atoms with Crippen molar-refractivity contribution in [3.63, 3.8) is 0 Å². The minimum atomic E-state index is -0.340. The van der Waals surface area contributed by atoms with Crippen LogP contribution in [-0.4, -0.2) is 58.4 Å². The Labute approximate surface area is 135 Å². The van der Waals surface area contributed by atoms with Crippen molar-refractivity contribution in [1.82, 2.24) is 20.4 Å². The second kappa shape index (κ2) is 4.79. The van der Waals surface area contributed by atoms with Crippen LogP contribution in [0.4, 0.5) is 0 Å². The first-order valence-corrected chi connectivity index (χ1v) is 8.01. The van der Waals surface area contributed by atoms with E-state index in [0.717, 1.165) is 29.6 Å². The van der Waals surface area contributed by atoms with Gasteiger partial charge in [0.25, 0.3) is 5.91 Å². The Morgan fingerprint density at radius 1 is 1.30 bits per heavy atom. The Balaban J connectivity index is 1.71. The molecule has 1 amide bonds. The Hall–Kier alpha value is -1.92. The smallest absolute Gasteiger partial charge is 0.256 e. The molecule has 2 N–H and O–H groups in total. The van der Waals surface area contributed by atoms with Gasteiger partial charge in [-0.2, -0.15) is 5.10 Å². The van der Waals surface area contributed by atoms with E-state index < -0.39 is 0 Å². The predicted molar refractivity (Wildman–Crippen MR) is 87.5 cm³/mol. The maximum Gasteiger partial charge on any atom is 0.256 e. The zero-order chi connectivity index (χ0) is 16.2. The number of benzene rings is 1. The van der Waals surface area contributed by atoms with Gasteiger partial charge in [0.2, 0.25) is 0 Å². The molecule has 1 spiro atoms. The van der Waals surface area contributed by atoms with Gasteiger partial charge in [0.1, 0.15) is 5.60 Å². The van der Waals surface area contributed by atoms with Gasteiger partial charge < -0.3 is 15.0 Å². The van der Waals surface area contributed by atoms with Crippen molar-refractivity contribution in [2.75, 3.05) is 26.2 Å². The number of hydrogen-bond donors (Lipinski definition) is 2. The van der Waals surface area contributed by atoms with Crippen molar-refractivity contribution < 1.29 is 9.53 Å². The minimum absolute atomic E-state index is 0.0469. The van der Waals surface area contributed by atoms with Gasteiger partial charge in [-0.25, -0.2) is 0 Å². The van der Waals surface area contributed by atoms with E-state index >= 15 is 0 Å². The van der Waals surface area contributed by atoms with Crippen molar-refractivity contribution in [2.24, 2.45) is 0 Å². The van der Waals surface area contributed by atoms with Gasteiger partial charge in [-0.15, -0.1) is 0 Å². The van der Waals surface area contributed by atoms with Gasteiger partial charge in [0.05, 0.1) is 29.4 Å². The van der Waals surface area contributed by atoms with Gasteiger partial charge in [0.15, 0.2) is 0 Å². The summed E-state index contributed by atoms with van der Waals surface area (Å²) < 4.78 is 6.23. The number of fused-ring (bicyclic) bond motifs is 1.